The highest BCUT2D eigenvalue weighted by Gasteiger charge is 2.18. The van der Waals surface area contributed by atoms with E-state index in [0.29, 0.717) is 0 Å². The van der Waals surface area contributed by atoms with Crippen LogP contribution in [0.5, 0.6) is 0 Å². The first-order chi connectivity index (χ1) is 13.8. The molecule has 2 aromatic carbocycles. The summed E-state index contributed by atoms with van der Waals surface area (Å²) in [7, 11) is 0. The maximum Gasteiger partial charge on any atom is 0.137 e. The van der Waals surface area contributed by atoms with Crippen LogP contribution in [0.1, 0.15) is 17.7 Å². The SMILES string of the molecule is Cc1ccc2nc(-c3ccc4ccccc4c3)c(CN3CCCNCC3)n2c1. The molecule has 0 saturated carbocycles. The number of aryl methyl sites for hydroxylation is 1. The molecule has 0 unspecified atom stereocenters. The molecular formula is C24H26N4. The molecule has 5 rings (SSSR count). The Bertz CT molecular complexity index is 1120. The van der Waals surface area contributed by atoms with E-state index in [9.17, 15) is 0 Å². The van der Waals surface area contributed by atoms with Crippen LogP contribution in [0, 0.1) is 6.92 Å². The number of fused-ring (bicyclic) bond motifs is 2. The van der Waals surface area contributed by atoms with Crippen molar-refractivity contribution in [2.75, 3.05) is 26.2 Å². The number of rotatable bonds is 3. The van der Waals surface area contributed by atoms with Crippen molar-refractivity contribution in [1.29, 1.82) is 0 Å². The monoisotopic (exact) mass is 370 g/mol. The Balaban J connectivity index is 1.63. The number of benzene rings is 2. The zero-order chi connectivity index (χ0) is 18.9. The van der Waals surface area contributed by atoms with Crippen molar-refractivity contribution in [2.24, 2.45) is 0 Å². The zero-order valence-electron chi connectivity index (χ0n) is 16.4. The van der Waals surface area contributed by atoms with Crippen LogP contribution in [0.3, 0.4) is 0 Å². The van der Waals surface area contributed by atoms with Gasteiger partial charge in [-0.2, -0.15) is 0 Å². The molecule has 4 aromatic rings. The lowest BCUT2D eigenvalue weighted by atomic mass is 10.0. The van der Waals surface area contributed by atoms with Gasteiger partial charge in [-0.3, -0.25) is 4.90 Å². The van der Waals surface area contributed by atoms with Gasteiger partial charge in [0.2, 0.25) is 0 Å². The Morgan fingerprint density at radius 2 is 1.86 bits per heavy atom. The van der Waals surface area contributed by atoms with Crippen LogP contribution in [-0.4, -0.2) is 40.5 Å². The van der Waals surface area contributed by atoms with Gasteiger partial charge in [0.1, 0.15) is 5.65 Å². The van der Waals surface area contributed by atoms with Gasteiger partial charge in [0, 0.05) is 31.4 Å². The molecule has 1 aliphatic rings. The molecule has 0 spiro atoms. The minimum atomic E-state index is 0.925. The second-order valence-electron chi connectivity index (χ2n) is 7.78. The van der Waals surface area contributed by atoms with Crippen LogP contribution in [0.4, 0.5) is 0 Å². The van der Waals surface area contributed by atoms with Gasteiger partial charge in [0.15, 0.2) is 0 Å². The van der Waals surface area contributed by atoms with Gasteiger partial charge in [-0.25, -0.2) is 4.98 Å². The minimum Gasteiger partial charge on any atom is -0.315 e. The van der Waals surface area contributed by atoms with Gasteiger partial charge >= 0.3 is 0 Å². The predicted octanol–water partition coefficient (Wildman–Crippen LogP) is 4.26. The van der Waals surface area contributed by atoms with Crippen molar-refractivity contribution in [3.8, 4) is 11.3 Å². The highest BCUT2D eigenvalue weighted by atomic mass is 15.2. The number of pyridine rings is 1. The first-order valence-corrected chi connectivity index (χ1v) is 10.2. The summed E-state index contributed by atoms with van der Waals surface area (Å²) in [5.41, 5.74) is 5.87. The lowest BCUT2D eigenvalue weighted by Crippen LogP contribution is -2.28. The maximum absolute atomic E-state index is 5.04. The van der Waals surface area contributed by atoms with E-state index in [1.807, 2.05) is 0 Å². The summed E-state index contributed by atoms with van der Waals surface area (Å²) >= 11 is 0. The number of nitrogens with zero attached hydrogens (tertiary/aromatic N) is 3. The minimum absolute atomic E-state index is 0.925. The van der Waals surface area contributed by atoms with Crippen molar-refractivity contribution in [1.82, 2.24) is 19.6 Å². The quantitative estimate of drug-likeness (QED) is 0.585. The van der Waals surface area contributed by atoms with Crippen molar-refractivity contribution < 1.29 is 0 Å². The summed E-state index contributed by atoms with van der Waals surface area (Å²) in [4.78, 5) is 7.59. The van der Waals surface area contributed by atoms with Gasteiger partial charge in [0.25, 0.3) is 0 Å². The Morgan fingerprint density at radius 1 is 0.964 bits per heavy atom. The fraction of sp³-hybridized carbons (Fsp3) is 0.292. The van der Waals surface area contributed by atoms with Gasteiger partial charge in [-0.05, 0) is 54.9 Å². The largest absolute Gasteiger partial charge is 0.315 e. The van der Waals surface area contributed by atoms with E-state index in [2.05, 4.69) is 82.3 Å². The van der Waals surface area contributed by atoms with Crippen LogP contribution in [0.15, 0.2) is 60.8 Å². The van der Waals surface area contributed by atoms with Crippen molar-refractivity contribution in [2.45, 2.75) is 19.9 Å². The topological polar surface area (TPSA) is 32.6 Å². The number of hydrogen-bond acceptors (Lipinski definition) is 3. The summed E-state index contributed by atoms with van der Waals surface area (Å²) < 4.78 is 2.29. The second-order valence-corrected chi connectivity index (χ2v) is 7.78. The smallest absolute Gasteiger partial charge is 0.137 e. The standard InChI is InChI=1S/C24H26N4/c1-18-7-10-23-26-24(21-9-8-19-5-2-3-6-20(19)15-21)22(28(23)16-18)17-27-13-4-11-25-12-14-27/h2-3,5-10,15-16,25H,4,11-14,17H2,1H3. The Kier molecular flexibility index (Phi) is 4.59. The molecular weight excluding hydrogens is 344 g/mol. The van der Waals surface area contributed by atoms with E-state index in [-0.39, 0.29) is 0 Å². The lowest BCUT2D eigenvalue weighted by Gasteiger charge is -2.20. The van der Waals surface area contributed by atoms with Crippen molar-refractivity contribution in [3.05, 3.63) is 72.1 Å². The first-order valence-electron chi connectivity index (χ1n) is 10.2. The zero-order valence-corrected chi connectivity index (χ0v) is 16.4. The summed E-state index contributed by atoms with van der Waals surface area (Å²) in [6, 6.07) is 19.5. The highest BCUT2D eigenvalue weighted by Crippen LogP contribution is 2.29. The predicted molar refractivity (Wildman–Crippen MR) is 116 cm³/mol. The molecule has 4 nitrogen and oxygen atoms in total. The summed E-state index contributed by atoms with van der Waals surface area (Å²) in [6.45, 7) is 7.45. The molecule has 0 bridgehead atoms. The molecule has 28 heavy (non-hydrogen) atoms. The molecule has 1 aliphatic heterocycles. The van der Waals surface area contributed by atoms with E-state index in [1.165, 1.54) is 34.0 Å². The molecule has 0 aliphatic carbocycles. The molecule has 1 N–H and O–H groups in total. The van der Waals surface area contributed by atoms with E-state index in [1.54, 1.807) is 0 Å². The Labute approximate surface area is 165 Å². The normalized spacial score (nSPS) is 15.9. The Morgan fingerprint density at radius 3 is 2.79 bits per heavy atom. The highest BCUT2D eigenvalue weighted by molar-refractivity contribution is 5.87. The maximum atomic E-state index is 5.04. The number of nitrogens with one attached hydrogen (secondary N) is 1. The summed E-state index contributed by atoms with van der Waals surface area (Å²) in [5.74, 6) is 0. The molecule has 0 amide bonds. The van der Waals surface area contributed by atoms with Crippen LogP contribution in [0.25, 0.3) is 27.7 Å². The number of imidazole rings is 1. The average molecular weight is 371 g/mol. The fourth-order valence-electron chi connectivity index (χ4n) is 4.19. The molecule has 142 valence electrons. The summed E-state index contributed by atoms with van der Waals surface area (Å²) in [6.07, 6.45) is 3.42. The van der Waals surface area contributed by atoms with Gasteiger partial charge < -0.3 is 9.72 Å². The average Bonchev–Trinajstić information content (AvgIpc) is 2.89. The molecule has 3 heterocycles. The van der Waals surface area contributed by atoms with Crippen LogP contribution in [0.2, 0.25) is 0 Å². The summed E-state index contributed by atoms with van der Waals surface area (Å²) in [5, 5.41) is 6.04. The number of aromatic nitrogens is 2. The van der Waals surface area contributed by atoms with Crippen LogP contribution in [-0.2, 0) is 6.54 Å². The van der Waals surface area contributed by atoms with Gasteiger partial charge in [0.05, 0.1) is 11.4 Å². The third kappa shape index (κ3) is 3.30. The molecule has 4 heteroatoms. The first kappa shape index (κ1) is 17.4. The van der Waals surface area contributed by atoms with Crippen molar-refractivity contribution >= 4 is 16.4 Å². The third-order valence-corrected chi connectivity index (χ3v) is 5.69. The van der Waals surface area contributed by atoms with E-state index in [4.69, 9.17) is 4.98 Å². The molecule has 1 saturated heterocycles. The van der Waals surface area contributed by atoms with Crippen LogP contribution >= 0.6 is 0 Å². The Hall–Kier alpha value is -2.69. The fourth-order valence-corrected chi connectivity index (χ4v) is 4.19. The molecule has 2 aromatic heterocycles. The van der Waals surface area contributed by atoms with Crippen molar-refractivity contribution in [3.63, 3.8) is 0 Å². The number of hydrogen-bond donors (Lipinski definition) is 1. The third-order valence-electron chi connectivity index (χ3n) is 5.69. The van der Waals surface area contributed by atoms with E-state index in [0.717, 1.165) is 44.1 Å². The van der Waals surface area contributed by atoms with Gasteiger partial charge in [-0.1, -0.05) is 42.5 Å². The van der Waals surface area contributed by atoms with Crippen LogP contribution < -0.4 is 5.32 Å². The molecule has 0 atom stereocenters. The lowest BCUT2D eigenvalue weighted by molar-refractivity contribution is 0.281. The molecule has 0 radical (unpaired) electrons. The van der Waals surface area contributed by atoms with E-state index < -0.39 is 0 Å². The molecule has 1 fully saturated rings. The van der Waals surface area contributed by atoms with Gasteiger partial charge in [-0.15, -0.1) is 0 Å². The van der Waals surface area contributed by atoms with E-state index >= 15 is 0 Å². The second kappa shape index (κ2) is 7.38.